The molecule has 2 aliphatic heterocycles. The summed E-state index contributed by atoms with van der Waals surface area (Å²) in [5.41, 5.74) is 0. The van der Waals surface area contributed by atoms with Crippen LogP contribution in [0.1, 0.15) is 44.9 Å². The molecule has 4 fully saturated rings. The van der Waals surface area contributed by atoms with E-state index in [0.717, 1.165) is 49.3 Å². The molecule has 0 bridgehead atoms. The second-order valence-corrected chi connectivity index (χ2v) is 8.62. The van der Waals surface area contributed by atoms with Crippen molar-refractivity contribution in [3.8, 4) is 0 Å². The number of rotatable bonds is 1. The van der Waals surface area contributed by atoms with Crippen LogP contribution in [0.15, 0.2) is 0 Å². The van der Waals surface area contributed by atoms with Gasteiger partial charge in [-0.3, -0.25) is 14.5 Å². The van der Waals surface area contributed by atoms with Gasteiger partial charge in [-0.1, -0.05) is 36.8 Å². The summed E-state index contributed by atoms with van der Waals surface area (Å²) in [7, 11) is 0. The molecule has 114 valence electrons. The van der Waals surface area contributed by atoms with Gasteiger partial charge in [0.05, 0.1) is 11.8 Å². The van der Waals surface area contributed by atoms with Crippen molar-refractivity contribution in [2.45, 2.75) is 62.3 Å². The van der Waals surface area contributed by atoms with Gasteiger partial charge in [-0.15, -0.1) is 0 Å². The zero-order valence-corrected chi connectivity index (χ0v) is 13.5. The lowest BCUT2D eigenvalue weighted by atomic mass is 9.81. The molecule has 4 aliphatic rings. The third kappa shape index (κ3) is 2.22. The maximum absolute atomic E-state index is 12.7. The van der Waals surface area contributed by atoms with Crippen LogP contribution in [0.2, 0.25) is 0 Å². The molecule has 5 atom stereocenters. The van der Waals surface area contributed by atoms with Crippen molar-refractivity contribution in [3.05, 3.63) is 0 Å². The molecule has 4 nitrogen and oxygen atoms in total. The lowest BCUT2D eigenvalue weighted by molar-refractivity contribution is -0.143. The van der Waals surface area contributed by atoms with Gasteiger partial charge in [-0.2, -0.15) is 0 Å². The summed E-state index contributed by atoms with van der Waals surface area (Å²) in [6.45, 7) is 0. The van der Waals surface area contributed by atoms with Crippen molar-refractivity contribution in [1.82, 2.24) is 10.2 Å². The average Bonchev–Trinajstić information content (AvgIpc) is 2.97. The first-order chi connectivity index (χ1) is 10.1. The Kier molecular flexibility index (Phi) is 3.49. The van der Waals surface area contributed by atoms with Gasteiger partial charge in [0.15, 0.2) is 0 Å². The van der Waals surface area contributed by atoms with Crippen molar-refractivity contribution in [3.63, 3.8) is 0 Å². The molecule has 0 aromatic carbocycles. The number of carbonyl (C=O) groups excluding carboxylic acids is 2. The van der Waals surface area contributed by atoms with Gasteiger partial charge in [0.1, 0.15) is 4.32 Å². The normalized spacial score (nSPS) is 42.8. The number of nitrogens with zero attached hydrogens (tertiary/aromatic N) is 1. The van der Waals surface area contributed by atoms with Gasteiger partial charge >= 0.3 is 0 Å². The van der Waals surface area contributed by atoms with Gasteiger partial charge < -0.3 is 5.32 Å². The molecule has 1 N–H and O–H groups in total. The van der Waals surface area contributed by atoms with Crippen LogP contribution in [0.25, 0.3) is 0 Å². The molecule has 2 amide bonds. The predicted molar refractivity (Wildman–Crippen MR) is 85.8 cm³/mol. The second-order valence-electron chi connectivity index (χ2n) is 6.71. The van der Waals surface area contributed by atoms with Gasteiger partial charge in [0, 0.05) is 17.3 Å². The van der Waals surface area contributed by atoms with E-state index < -0.39 is 0 Å². The lowest BCUT2D eigenvalue weighted by Crippen LogP contribution is -2.48. The molecule has 2 aliphatic carbocycles. The second kappa shape index (κ2) is 5.23. The Balaban J connectivity index is 1.52. The predicted octanol–water partition coefficient (Wildman–Crippen LogP) is 2.07. The molecule has 2 saturated heterocycles. The molecule has 0 aromatic heterocycles. The van der Waals surface area contributed by atoms with E-state index in [1.54, 1.807) is 16.7 Å². The Morgan fingerprint density at radius 1 is 1.05 bits per heavy atom. The smallest absolute Gasteiger partial charge is 0.233 e. The fraction of sp³-hybridized carbons (Fsp3) is 0.800. The highest BCUT2D eigenvalue weighted by Crippen LogP contribution is 2.43. The Morgan fingerprint density at radius 2 is 1.71 bits per heavy atom. The monoisotopic (exact) mass is 324 g/mol. The van der Waals surface area contributed by atoms with Crippen LogP contribution < -0.4 is 5.32 Å². The minimum absolute atomic E-state index is 0.0144. The summed E-state index contributed by atoms with van der Waals surface area (Å²) < 4.78 is 0.874. The highest BCUT2D eigenvalue weighted by molar-refractivity contribution is 8.23. The van der Waals surface area contributed by atoms with Crippen molar-refractivity contribution in [1.29, 1.82) is 0 Å². The number of thiocarbonyl (C=S) groups is 1. The molecule has 21 heavy (non-hydrogen) atoms. The van der Waals surface area contributed by atoms with E-state index in [1.165, 1.54) is 0 Å². The Bertz CT molecular complexity index is 486. The van der Waals surface area contributed by atoms with Crippen LogP contribution in [0.3, 0.4) is 0 Å². The van der Waals surface area contributed by atoms with E-state index >= 15 is 0 Å². The van der Waals surface area contributed by atoms with E-state index in [0.29, 0.717) is 11.3 Å². The number of amides is 2. The number of hydrogen-bond donors (Lipinski definition) is 1. The summed E-state index contributed by atoms with van der Waals surface area (Å²) in [5.74, 6) is 0.206. The van der Waals surface area contributed by atoms with E-state index in [-0.39, 0.29) is 29.7 Å². The van der Waals surface area contributed by atoms with Crippen molar-refractivity contribution >= 4 is 40.1 Å². The molecule has 3 unspecified atom stereocenters. The number of nitrogens with one attached hydrogen (secondary N) is 1. The molecule has 0 spiro atoms. The Labute approximate surface area is 134 Å². The SMILES string of the molecule is O=C1[C@H]2CCCC[C@H]2C(=O)N1C1CCC2NC(=S)SC2C1. The summed E-state index contributed by atoms with van der Waals surface area (Å²) >= 11 is 6.95. The summed E-state index contributed by atoms with van der Waals surface area (Å²) in [6.07, 6.45) is 6.84. The van der Waals surface area contributed by atoms with Gasteiger partial charge in [-0.05, 0) is 32.1 Å². The molecular formula is C15H20N2O2S2. The van der Waals surface area contributed by atoms with E-state index in [1.807, 2.05) is 0 Å². The fourth-order valence-electron chi connectivity index (χ4n) is 4.51. The van der Waals surface area contributed by atoms with E-state index in [2.05, 4.69) is 5.32 Å². The van der Waals surface area contributed by atoms with Gasteiger partial charge in [0.2, 0.25) is 11.8 Å². The van der Waals surface area contributed by atoms with Crippen molar-refractivity contribution < 1.29 is 9.59 Å². The Hall–Kier alpha value is -0.620. The number of carbonyl (C=O) groups is 2. The molecule has 4 rings (SSSR count). The number of hydrogen-bond acceptors (Lipinski definition) is 4. The minimum atomic E-state index is -0.0144. The molecule has 6 heteroatoms. The number of imide groups is 1. The zero-order chi connectivity index (χ0) is 14.6. The van der Waals surface area contributed by atoms with Crippen molar-refractivity contribution in [2.24, 2.45) is 11.8 Å². The topological polar surface area (TPSA) is 49.4 Å². The molecular weight excluding hydrogens is 304 g/mol. The summed E-state index contributed by atoms with van der Waals surface area (Å²) in [5, 5.41) is 3.78. The van der Waals surface area contributed by atoms with Gasteiger partial charge in [0.25, 0.3) is 0 Å². The van der Waals surface area contributed by atoms with E-state index in [4.69, 9.17) is 12.2 Å². The fourth-order valence-corrected chi connectivity index (χ4v) is 6.21. The maximum Gasteiger partial charge on any atom is 0.233 e. The zero-order valence-electron chi connectivity index (χ0n) is 11.9. The van der Waals surface area contributed by atoms with Crippen LogP contribution in [0.4, 0.5) is 0 Å². The third-order valence-corrected chi connectivity index (χ3v) is 7.13. The Morgan fingerprint density at radius 3 is 2.38 bits per heavy atom. The van der Waals surface area contributed by atoms with Crippen LogP contribution in [-0.4, -0.2) is 38.4 Å². The lowest BCUT2D eigenvalue weighted by Gasteiger charge is -2.35. The number of thioether (sulfide) groups is 1. The standard InChI is InChI=1S/C15H20N2O2S2/c18-13-9-3-1-2-4-10(9)14(19)17(13)8-5-6-11-12(7-8)21-15(20)16-11/h8-12H,1-7H2,(H,16,20)/t8?,9-,10+,11?,12?. The number of fused-ring (bicyclic) bond motifs is 2. The van der Waals surface area contributed by atoms with Crippen LogP contribution in [-0.2, 0) is 9.59 Å². The molecule has 2 heterocycles. The first-order valence-electron chi connectivity index (χ1n) is 7.99. The molecule has 0 aromatic rings. The molecule has 0 radical (unpaired) electrons. The third-order valence-electron chi connectivity index (χ3n) is 5.57. The first kappa shape index (κ1) is 14.0. The summed E-state index contributed by atoms with van der Waals surface area (Å²) in [6, 6.07) is 0.542. The first-order valence-corrected chi connectivity index (χ1v) is 9.28. The van der Waals surface area contributed by atoms with Crippen LogP contribution in [0, 0.1) is 11.8 Å². The molecule has 2 saturated carbocycles. The van der Waals surface area contributed by atoms with E-state index in [9.17, 15) is 9.59 Å². The average molecular weight is 324 g/mol. The highest BCUT2D eigenvalue weighted by Gasteiger charge is 2.52. The maximum atomic E-state index is 12.7. The van der Waals surface area contributed by atoms with Gasteiger partial charge in [-0.25, -0.2) is 0 Å². The summed E-state index contributed by atoms with van der Waals surface area (Å²) in [4.78, 5) is 27.0. The quantitative estimate of drug-likeness (QED) is 0.591. The van der Waals surface area contributed by atoms with Crippen molar-refractivity contribution in [2.75, 3.05) is 0 Å². The van der Waals surface area contributed by atoms with Crippen LogP contribution >= 0.6 is 24.0 Å². The number of likely N-dealkylation sites (tertiary alicyclic amines) is 1. The van der Waals surface area contributed by atoms with Crippen LogP contribution in [0.5, 0.6) is 0 Å². The highest BCUT2D eigenvalue weighted by atomic mass is 32.2. The minimum Gasteiger partial charge on any atom is -0.367 e. The largest absolute Gasteiger partial charge is 0.367 e.